The molecule has 0 N–H and O–H groups in total. The molecule has 0 bridgehead atoms. The summed E-state index contributed by atoms with van der Waals surface area (Å²) < 4.78 is 22.0. The molecule has 4 atom stereocenters. The van der Waals surface area contributed by atoms with E-state index in [1.54, 1.807) is 44.2 Å². The molecule has 0 aliphatic carbocycles. The molecule has 0 unspecified atom stereocenters. The van der Waals surface area contributed by atoms with Crippen molar-refractivity contribution in [1.82, 2.24) is 0 Å². The van der Waals surface area contributed by atoms with Crippen molar-refractivity contribution < 1.29 is 28.5 Å². The van der Waals surface area contributed by atoms with Gasteiger partial charge in [0.2, 0.25) is 0 Å². The van der Waals surface area contributed by atoms with E-state index in [1.165, 1.54) is 0 Å². The van der Waals surface area contributed by atoms with Crippen molar-refractivity contribution in [2.75, 3.05) is 0 Å². The maximum atomic E-state index is 12.1. The van der Waals surface area contributed by atoms with Crippen molar-refractivity contribution >= 4 is 12.3 Å². The van der Waals surface area contributed by atoms with Gasteiger partial charge in [-0.05, 0) is 26.0 Å². The molecule has 2 fully saturated rings. The fourth-order valence-corrected chi connectivity index (χ4v) is 2.51. The SMILES string of the molecule is CC1(C)O[C@H]2O[C@H](C=O)[C@@H](OC(=O)c3ccccc3)[C@H]2O1. The van der Waals surface area contributed by atoms with E-state index in [0.29, 0.717) is 11.8 Å². The molecule has 21 heavy (non-hydrogen) atoms. The molecule has 0 saturated carbocycles. The molecule has 2 aliphatic heterocycles. The zero-order chi connectivity index (χ0) is 15.0. The first-order valence-corrected chi connectivity index (χ1v) is 6.72. The molecule has 0 aromatic heterocycles. The Bertz CT molecular complexity index is 540. The minimum Gasteiger partial charge on any atom is -0.453 e. The van der Waals surface area contributed by atoms with Crippen molar-refractivity contribution in [3.05, 3.63) is 35.9 Å². The molecule has 2 heterocycles. The third kappa shape index (κ3) is 2.70. The summed E-state index contributed by atoms with van der Waals surface area (Å²) in [6.45, 7) is 3.47. The summed E-state index contributed by atoms with van der Waals surface area (Å²) in [7, 11) is 0. The summed E-state index contributed by atoms with van der Waals surface area (Å²) in [4.78, 5) is 23.2. The van der Waals surface area contributed by atoms with Crippen LogP contribution < -0.4 is 0 Å². The predicted molar refractivity (Wildman–Crippen MR) is 70.4 cm³/mol. The van der Waals surface area contributed by atoms with Crippen LogP contribution in [0.3, 0.4) is 0 Å². The Morgan fingerprint density at radius 1 is 1.24 bits per heavy atom. The number of carbonyl (C=O) groups excluding carboxylic acids is 2. The number of hydrogen-bond acceptors (Lipinski definition) is 6. The minimum atomic E-state index is -0.885. The third-order valence-corrected chi connectivity index (χ3v) is 3.41. The zero-order valence-corrected chi connectivity index (χ0v) is 11.7. The summed E-state index contributed by atoms with van der Waals surface area (Å²) in [6.07, 6.45) is -2.42. The number of fused-ring (bicyclic) bond motifs is 1. The van der Waals surface area contributed by atoms with E-state index < -0.39 is 36.4 Å². The average Bonchev–Trinajstić information content (AvgIpc) is 2.92. The molecule has 6 heteroatoms. The van der Waals surface area contributed by atoms with Crippen LogP contribution in [0, 0.1) is 0 Å². The Morgan fingerprint density at radius 2 is 1.95 bits per heavy atom. The number of carbonyl (C=O) groups is 2. The third-order valence-electron chi connectivity index (χ3n) is 3.41. The van der Waals surface area contributed by atoms with Gasteiger partial charge in [-0.25, -0.2) is 4.79 Å². The van der Waals surface area contributed by atoms with Crippen LogP contribution in [0.1, 0.15) is 24.2 Å². The van der Waals surface area contributed by atoms with Gasteiger partial charge in [0.25, 0.3) is 0 Å². The van der Waals surface area contributed by atoms with Gasteiger partial charge in [0.1, 0.15) is 0 Å². The van der Waals surface area contributed by atoms with Gasteiger partial charge in [0.05, 0.1) is 5.56 Å². The lowest BCUT2D eigenvalue weighted by atomic mass is 10.1. The Kier molecular flexibility index (Phi) is 3.52. The Hall–Kier alpha value is -1.76. The molecular weight excluding hydrogens is 276 g/mol. The monoisotopic (exact) mass is 292 g/mol. The predicted octanol–water partition coefficient (Wildman–Crippen LogP) is 1.29. The summed E-state index contributed by atoms with van der Waals surface area (Å²) >= 11 is 0. The second-order valence-corrected chi connectivity index (χ2v) is 5.44. The van der Waals surface area contributed by atoms with Gasteiger partial charge in [0.15, 0.2) is 36.7 Å². The maximum absolute atomic E-state index is 12.1. The minimum absolute atomic E-state index is 0.406. The lowest BCUT2D eigenvalue weighted by Gasteiger charge is -2.23. The van der Waals surface area contributed by atoms with E-state index in [0.717, 1.165) is 0 Å². The highest BCUT2D eigenvalue weighted by Crippen LogP contribution is 2.38. The van der Waals surface area contributed by atoms with Crippen LogP contribution in [0.5, 0.6) is 0 Å². The topological polar surface area (TPSA) is 71.1 Å². The van der Waals surface area contributed by atoms with Crippen LogP contribution in [0.15, 0.2) is 30.3 Å². The number of hydrogen-bond donors (Lipinski definition) is 0. The van der Waals surface area contributed by atoms with Gasteiger partial charge in [0, 0.05) is 0 Å². The van der Waals surface area contributed by atoms with E-state index in [1.807, 2.05) is 0 Å². The molecule has 2 saturated heterocycles. The van der Waals surface area contributed by atoms with Gasteiger partial charge in [-0.15, -0.1) is 0 Å². The molecule has 1 aromatic rings. The van der Waals surface area contributed by atoms with Gasteiger partial charge < -0.3 is 23.7 Å². The van der Waals surface area contributed by atoms with Crippen LogP contribution in [-0.2, 0) is 23.7 Å². The van der Waals surface area contributed by atoms with E-state index in [4.69, 9.17) is 18.9 Å². The van der Waals surface area contributed by atoms with Crippen molar-refractivity contribution in [3.63, 3.8) is 0 Å². The van der Waals surface area contributed by atoms with Crippen LogP contribution in [0.2, 0.25) is 0 Å². The van der Waals surface area contributed by atoms with Crippen LogP contribution in [0.25, 0.3) is 0 Å². The number of rotatable bonds is 3. The fraction of sp³-hybridized carbons (Fsp3) is 0.467. The lowest BCUT2D eigenvalue weighted by molar-refractivity contribution is -0.212. The van der Waals surface area contributed by atoms with Crippen molar-refractivity contribution in [2.45, 2.75) is 44.2 Å². The molecule has 6 nitrogen and oxygen atoms in total. The average molecular weight is 292 g/mol. The first-order valence-electron chi connectivity index (χ1n) is 6.72. The molecule has 1 aromatic carbocycles. The van der Waals surface area contributed by atoms with Crippen molar-refractivity contribution in [1.29, 1.82) is 0 Å². The molecule has 3 rings (SSSR count). The molecule has 112 valence electrons. The summed E-state index contributed by atoms with van der Waals surface area (Å²) in [5.74, 6) is -1.36. The number of esters is 1. The van der Waals surface area contributed by atoms with Crippen LogP contribution in [-0.4, -0.2) is 42.6 Å². The lowest BCUT2D eigenvalue weighted by Crippen LogP contribution is -2.39. The number of aldehydes is 1. The smallest absolute Gasteiger partial charge is 0.338 e. The second kappa shape index (κ2) is 5.22. The first kappa shape index (κ1) is 14.2. The number of ether oxygens (including phenoxy) is 4. The van der Waals surface area contributed by atoms with E-state index in [-0.39, 0.29) is 0 Å². The zero-order valence-electron chi connectivity index (χ0n) is 11.7. The van der Waals surface area contributed by atoms with Gasteiger partial charge >= 0.3 is 5.97 Å². The van der Waals surface area contributed by atoms with Crippen LogP contribution in [0.4, 0.5) is 0 Å². The number of benzene rings is 1. The van der Waals surface area contributed by atoms with Gasteiger partial charge in [-0.3, -0.25) is 0 Å². The van der Waals surface area contributed by atoms with Gasteiger partial charge in [-0.1, -0.05) is 18.2 Å². The molecule has 2 aliphatic rings. The summed E-state index contributed by atoms with van der Waals surface area (Å²) in [5, 5.41) is 0. The summed E-state index contributed by atoms with van der Waals surface area (Å²) in [5.41, 5.74) is 0.406. The normalized spacial score (nSPS) is 33.4. The van der Waals surface area contributed by atoms with Crippen molar-refractivity contribution in [3.8, 4) is 0 Å². The van der Waals surface area contributed by atoms with Gasteiger partial charge in [-0.2, -0.15) is 0 Å². The maximum Gasteiger partial charge on any atom is 0.338 e. The molecule has 0 amide bonds. The van der Waals surface area contributed by atoms with E-state index in [2.05, 4.69) is 0 Å². The Morgan fingerprint density at radius 3 is 2.62 bits per heavy atom. The highest BCUT2D eigenvalue weighted by atomic mass is 16.8. The largest absolute Gasteiger partial charge is 0.453 e. The highest BCUT2D eigenvalue weighted by molar-refractivity contribution is 5.89. The first-order chi connectivity index (χ1) is 10.00. The highest BCUT2D eigenvalue weighted by Gasteiger charge is 2.56. The molecule has 0 spiro atoms. The molecular formula is C15H16O6. The second-order valence-electron chi connectivity index (χ2n) is 5.44. The van der Waals surface area contributed by atoms with Crippen LogP contribution >= 0.6 is 0 Å². The standard InChI is InChI=1S/C15H16O6/c1-15(2)20-12-11(10(8-16)18-14(12)21-15)19-13(17)9-6-4-3-5-7-9/h3-8,10-12,14H,1-2H3/t10-,11-,12-,14-/m1/s1. The quantitative estimate of drug-likeness (QED) is 0.617. The van der Waals surface area contributed by atoms with Crippen molar-refractivity contribution in [2.24, 2.45) is 0 Å². The van der Waals surface area contributed by atoms with E-state index >= 15 is 0 Å². The Labute approximate surface area is 121 Å². The molecule has 0 radical (unpaired) electrons. The van der Waals surface area contributed by atoms with E-state index in [9.17, 15) is 9.59 Å². The Balaban J connectivity index is 1.76. The fourth-order valence-electron chi connectivity index (χ4n) is 2.51. The summed E-state index contributed by atoms with van der Waals surface area (Å²) in [6, 6.07) is 8.55.